The van der Waals surface area contributed by atoms with Crippen LogP contribution < -0.4 is 10.6 Å². The zero-order chi connectivity index (χ0) is 12.2. The molecule has 0 bridgehead atoms. The molecule has 0 aliphatic rings. The number of rotatable bonds is 3. The zero-order valence-corrected chi connectivity index (χ0v) is 10.0. The van der Waals surface area contributed by atoms with Crippen molar-refractivity contribution in [1.82, 2.24) is 0 Å². The van der Waals surface area contributed by atoms with Crippen molar-refractivity contribution in [3.63, 3.8) is 0 Å². The second-order valence-electron chi connectivity index (χ2n) is 4.70. The van der Waals surface area contributed by atoms with E-state index in [0.29, 0.717) is 0 Å². The monoisotopic (exact) mass is 216 g/mol. The maximum absolute atomic E-state index is 11.0. The van der Waals surface area contributed by atoms with Crippen molar-refractivity contribution in [3.8, 4) is 0 Å². The molecule has 16 heavy (non-hydrogen) atoms. The molecule has 3 nitrogen and oxygen atoms in total. The summed E-state index contributed by atoms with van der Waals surface area (Å²) < 4.78 is 0. The molecule has 1 amide bonds. The van der Waals surface area contributed by atoms with E-state index < -0.39 is 0 Å². The van der Waals surface area contributed by atoms with Crippen LogP contribution in [0.25, 0.3) is 0 Å². The molecular formula is C12H17BN2O. The van der Waals surface area contributed by atoms with E-state index >= 15 is 0 Å². The smallest absolute Gasteiger partial charge is 0.215 e. The van der Waals surface area contributed by atoms with Gasteiger partial charge in [0.1, 0.15) is 0 Å². The maximum atomic E-state index is 11.0. The lowest BCUT2D eigenvalue weighted by atomic mass is 10.0. The van der Waals surface area contributed by atoms with Gasteiger partial charge in [-0.2, -0.15) is 0 Å². The highest BCUT2D eigenvalue weighted by atomic mass is 16.1. The number of anilines is 2. The number of hydrogen-bond acceptors (Lipinski definition) is 2. The molecule has 0 saturated heterocycles. The molecule has 0 unspecified atom stereocenters. The van der Waals surface area contributed by atoms with E-state index in [4.69, 9.17) is 7.85 Å². The van der Waals surface area contributed by atoms with E-state index in [9.17, 15) is 4.79 Å². The molecule has 0 aliphatic carbocycles. The van der Waals surface area contributed by atoms with Crippen molar-refractivity contribution in [2.24, 2.45) is 0 Å². The standard InChI is InChI=1S/C12H17BN2O/c1-12(2,3)15-10-6-4-9(5-7-10)14-11(16)8-13/h4-7,15H,8H2,1-3H3,(H,14,16). The first-order valence-corrected chi connectivity index (χ1v) is 5.29. The normalized spacial score (nSPS) is 10.9. The molecule has 4 heteroatoms. The van der Waals surface area contributed by atoms with E-state index in [1.54, 1.807) is 0 Å². The minimum Gasteiger partial charge on any atom is -0.380 e. The first-order valence-electron chi connectivity index (χ1n) is 5.29. The van der Waals surface area contributed by atoms with Gasteiger partial charge in [0, 0.05) is 16.9 Å². The fourth-order valence-electron chi connectivity index (χ4n) is 1.28. The van der Waals surface area contributed by atoms with Gasteiger partial charge in [0.15, 0.2) is 0 Å². The highest BCUT2D eigenvalue weighted by molar-refractivity contribution is 6.22. The maximum Gasteiger partial charge on any atom is 0.215 e. The molecule has 2 radical (unpaired) electrons. The molecule has 2 N–H and O–H groups in total. The van der Waals surface area contributed by atoms with Gasteiger partial charge >= 0.3 is 0 Å². The molecule has 0 aliphatic heterocycles. The third kappa shape index (κ3) is 4.38. The Morgan fingerprint density at radius 3 is 2.12 bits per heavy atom. The van der Waals surface area contributed by atoms with Crippen molar-refractivity contribution in [3.05, 3.63) is 24.3 Å². The van der Waals surface area contributed by atoms with Gasteiger partial charge in [-0.25, -0.2) is 0 Å². The Kier molecular flexibility index (Phi) is 3.99. The largest absolute Gasteiger partial charge is 0.380 e. The van der Waals surface area contributed by atoms with Crippen LogP contribution in [0.2, 0.25) is 6.32 Å². The minimum atomic E-state index is -0.184. The van der Waals surface area contributed by atoms with Crippen molar-refractivity contribution in [2.75, 3.05) is 10.6 Å². The SMILES string of the molecule is [B]CC(=O)Nc1ccc(NC(C)(C)C)cc1. The van der Waals surface area contributed by atoms with Gasteiger partial charge in [0.05, 0.1) is 7.85 Å². The molecule has 0 fully saturated rings. The molecular weight excluding hydrogens is 199 g/mol. The van der Waals surface area contributed by atoms with Crippen molar-refractivity contribution in [1.29, 1.82) is 0 Å². The van der Waals surface area contributed by atoms with E-state index in [2.05, 4.69) is 31.4 Å². The number of nitrogens with one attached hydrogen (secondary N) is 2. The summed E-state index contributed by atoms with van der Waals surface area (Å²) in [5.74, 6) is -0.184. The van der Waals surface area contributed by atoms with Gasteiger partial charge in [-0.05, 0) is 51.4 Å². The molecule has 0 atom stereocenters. The average Bonchev–Trinajstić information content (AvgIpc) is 2.18. The van der Waals surface area contributed by atoms with Crippen molar-refractivity contribution >= 4 is 25.1 Å². The number of amides is 1. The summed E-state index contributed by atoms with van der Waals surface area (Å²) in [6.45, 7) is 6.28. The molecule has 1 rings (SSSR count). The van der Waals surface area contributed by atoms with Crippen molar-refractivity contribution < 1.29 is 4.79 Å². The fraction of sp³-hybridized carbons (Fsp3) is 0.417. The molecule has 1 aromatic carbocycles. The Bertz CT molecular complexity index is 354. The Morgan fingerprint density at radius 1 is 1.19 bits per heavy atom. The van der Waals surface area contributed by atoms with E-state index in [-0.39, 0.29) is 17.8 Å². The molecule has 0 heterocycles. The van der Waals surface area contributed by atoms with Crippen LogP contribution in [0.3, 0.4) is 0 Å². The van der Waals surface area contributed by atoms with Gasteiger partial charge in [0.2, 0.25) is 5.91 Å². The quantitative estimate of drug-likeness (QED) is 0.761. The Morgan fingerprint density at radius 2 is 1.69 bits per heavy atom. The average molecular weight is 216 g/mol. The topological polar surface area (TPSA) is 41.1 Å². The number of hydrogen-bond donors (Lipinski definition) is 2. The predicted octanol–water partition coefficient (Wildman–Crippen LogP) is 2.42. The predicted molar refractivity (Wildman–Crippen MR) is 69.0 cm³/mol. The summed E-state index contributed by atoms with van der Waals surface area (Å²) >= 11 is 0. The molecule has 0 spiro atoms. The molecule has 84 valence electrons. The van der Waals surface area contributed by atoms with Crippen LogP contribution in [-0.2, 0) is 4.79 Å². The van der Waals surface area contributed by atoms with Gasteiger partial charge < -0.3 is 10.6 Å². The number of benzene rings is 1. The van der Waals surface area contributed by atoms with E-state index in [0.717, 1.165) is 11.4 Å². The van der Waals surface area contributed by atoms with Gasteiger partial charge in [-0.15, -0.1) is 0 Å². The summed E-state index contributed by atoms with van der Waals surface area (Å²) in [5, 5.41) is 6.03. The molecule has 0 aromatic heterocycles. The van der Waals surface area contributed by atoms with E-state index in [1.807, 2.05) is 24.3 Å². The van der Waals surface area contributed by atoms with Gasteiger partial charge in [-0.3, -0.25) is 4.79 Å². The summed E-state index contributed by atoms with van der Waals surface area (Å²) in [7, 11) is 5.21. The summed E-state index contributed by atoms with van der Waals surface area (Å²) in [6.07, 6.45) is 0.00198. The molecule has 1 aromatic rings. The second kappa shape index (κ2) is 5.06. The third-order valence-corrected chi connectivity index (χ3v) is 1.87. The fourth-order valence-corrected chi connectivity index (χ4v) is 1.28. The van der Waals surface area contributed by atoms with Crippen molar-refractivity contribution in [2.45, 2.75) is 32.6 Å². The Labute approximate surface area is 98.0 Å². The van der Waals surface area contributed by atoms with Crippen LogP contribution >= 0.6 is 0 Å². The Balaban J connectivity index is 2.64. The third-order valence-electron chi connectivity index (χ3n) is 1.87. The number of carbonyl (C=O) groups excluding carboxylic acids is 1. The first-order chi connectivity index (χ1) is 7.40. The first kappa shape index (κ1) is 12.6. The number of carbonyl (C=O) groups is 1. The highest BCUT2D eigenvalue weighted by Crippen LogP contribution is 2.17. The lowest BCUT2D eigenvalue weighted by molar-refractivity contribution is -0.114. The Hall–Kier alpha value is -1.45. The van der Waals surface area contributed by atoms with Gasteiger partial charge in [0.25, 0.3) is 0 Å². The summed E-state index contributed by atoms with van der Waals surface area (Å²) in [6, 6.07) is 7.55. The summed E-state index contributed by atoms with van der Waals surface area (Å²) in [5.41, 5.74) is 1.82. The van der Waals surface area contributed by atoms with Crippen LogP contribution in [0.5, 0.6) is 0 Å². The van der Waals surface area contributed by atoms with E-state index in [1.165, 1.54) is 0 Å². The van der Waals surface area contributed by atoms with Crippen LogP contribution in [0.1, 0.15) is 20.8 Å². The van der Waals surface area contributed by atoms with Crippen LogP contribution in [0.15, 0.2) is 24.3 Å². The second-order valence-corrected chi connectivity index (χ2v) is 4.70. The van der Waals surface area contributed by atoms with Gasteiger partial charge in [-0.1, -0.05) is 0 Å². The van der Waals surface area contributed by atoms with Crippen LogP contribution in [0.4, 0.5) is 11.4 Å². The van der Waals surface area contributed by atoms with Crippen LogP contribution in [-0.4, -0.2) is 19.3 Å². The lowest BCUT2D eigenvalue weighted by Crippen LogP contribution is -2.25. The lowest BCUT2D eigenvalue weighted by Gasteiger charge is -2.22. The molecule has 0 saturated carbocycles. The van der Waals surface area contributed by atoms with Crippen LogP contribution in [0, 0.1) is 0 Å². The highest BCUT2D eigenvalue weighted by Gasteiger charge is 2.08. The zero-order valence-electron chi connectivity index (χ0n) is 10.0. The summed E-state index contributed by atoms with van der Waals surface area (Å²) in [4.78, 5) is 11.0. The minimum absolute atomic E-state index is 0.00198.